The van der Waals surface area contributed by atoms with Crippen molar-refractivity contribution in [1.82, 2.24) is 9.80 Å². The first-order valence-electron chi connectivity index (χ1n) is 6.68. The second kappa shape index (κ2) is 7.38. The van der Waals surface area contributed by atoms with Crippen LogP contribution in [-0.4, -0.2) is 54.3 Å². The maximum atomic E-state index is 12.1. The quantitative estimate of drug-likeness (QED) is 0.819. The fraction of sp³-hybridized carbons (Fsp3) is 0.429. The van der Waals surface area contributed by atoms with Crippen LogP contribution in [0.25, 0.3) is 0 Å². The molecule has 2 amide bonds. The lowest BCUT2D eigenvalue weighted by molar-refractivity contribution is -0.130. The number of amides is 2. The van der Waals surface area contributed by atoms with Crippen LogP contribution in [0.5, 0.6) is 0 Å². The number of halogens is 2. The van der Waals surface area contributed by atoms with E-state index < -0.39 is 0 Å². The van der Waals surface area contributed by atoms with E-state index in [0.717, 1.165) is 27.7 Å². The smallest absolute Gasteiger partial charge is 0.238 e. The Hall–Kier alpha value is -0.920. The van der Waals surface area contributed by atoms with Crippen LogP contribution in [-0.2, 0) is 9.59 Å². The van der Waals surface area contributed by atoms with Crippen molar-refractivity contribution in [3.8, 4) is 0 Å². The summed E-state index contributed by atoms with van der Waals surface area (Å²) in [6.07, 6.45) is 0. The molecule has 5 nitrogen and oxygen atoms in total. The zero-order chi connectivity index (χ0) is 15.4. The summed E-state index contributed by atoms with van der Waals surface area (Å²) in [7, 11) is 0. The van der Waals surface area contributed by atoms with E-state index >= 15 is 0 Å². The number of nitrogens with zero attached hydrogens (tertiary/aromatic N) is 2. The Morgan fingerprint density at radius 3 is 2.43 bits per heavy atom. The van der Waals surface area contributed by atoms with Crippen molar-refractivity contribution < 1.29 is 9.59 Å². The van der Waals surface area contributed by atoms with Crippen molar-refractivity contribution in [3.05, 3.63) is 27.1 Å². The molecule has 0 bridgehead atoms. The average Bonchev–Trinajstić information content (AvgIpc) is 2.42. The first-order chi connectivity index (χ1) is 9.95. The summed E-state index contributed by atoms with van der Waals surface area (Å²) in [5, 5.41) is 2.89. The highest BCUT2D eigenvalue weighted by Crippen LogP contribution is 2.26. The van der Waals surface area contributed by atoms with Gasteiger partial charge in [0.25, 0.3) is 0 Å². The lowest BCUT2D eigenvalue weighted by Gasteiger charge is -2.33. The molecule has 0 aliphatic carbocycles. The summed E-state index contributed by atoms with van der Waals surface area (Å²) < 4.78 is 1.79. The van der Waals surface area contributed by atoms with Gasteiger partial charge in [0.2, 0.25) is 11.8 Å². The predicted molar refractivity (Wildman–Crippen MR) is 89.2 cm³/mol. The maximum absolute atomic E-state index is 12.1. The van der Waals surface area contributed by atoms with Gasteiger partial charge in [-0.1, -0.05) is 15.9 Å². The second-order valence-electron chi connectivity index (χ2n) is 4.95. The fourth-order valence-electron chi connectivity index (χ4n) is 2.20. The van der Waals surface area contributed by atoms with Gasteiger partial charge in [-0.15, -0.1) is 0 Å². The van der Waals surface area contributed by atoms with Gasteiger partial charge in [-0.25, -0.2) is 0 Å². The van der Waals surface area contributed by atoms with Gasteiger partial charge in [-0.3, -0.25) is 14.5 Å². The topological polar surface area (TPSA) is 52.7 Å². The molecular weight excluding hydrogens is 402 g/mol. The van der Waals surface area contributed by atoms with Gasteiger partial charge in [-0.05, 0) is 34.1 Å². The lowest BCUT2D eigenvalue weighted by atomic mass is 10.3. The fourth-order valence-corrected chi connectivity index (χ4v) is 3.35. The number of nitrogens with one attached hydrogen (secondary N) is 1. The highest BCUT2D eigenvalue weighted by atomic mass is 79.9. The van der Waals surface area contributed by atoms with E-state index in [1.807, 2.05) is 18.2 Å². The number of rotatable bonds is 3. The van der Waals surface area contributed by atoms with Crippen LogP contribution in [0.2, 0.25) is 0 Å². The molecule has 2 rings (SSSR count). The minimum atomic E-state index is -0.0469. The molecule has 0 unspecified atom stereocenters. The zero-order valence-electron chi connectivity index (χ0n) is 11.7. The third-order valence-corrected chi connectivity index (χ3v) is 4.54. The summed E-state index contributed by atoms with van der Waals surface area (Å²) in [5.41, 5.74) is 0.755. The number of hydrogen-bond donors (Lipinski definition) is 1. The standard InChI is InChI=1S/C14H17Br2N3O2/c1-10(20)19-6-4-18(5-7-19)9-14(21)17-13-3-2-11(15)8-12(13)16/h2-3,8H,4-7,9H2,1H3,(H,17,21). The summed E-state index contributed by atoms with van der Waals surface area (Å²) in [4.78, 5) is 27.2. The molecule has 0 aromatic heterocycles. The third-order valence-electron chi connectivity index (χ3n) is 3.39. The van der Waals surface area contributed by atoms with E-state index in [4.69, 9.17) is 0 Å². The van der Waals surface area contributed by atoms with Gasteiger partial charge in [0.1, 0.15) is 0 Å². The molecule has 1 N–H and O–H groups in total. The first kappa shape index (κ1) is 16.5. The minimum Gasteiger partial charge on any atom is -0.340 e. The highest BCUT2D eigenvalue weighted by molar-refractivity contribution is 9.11. The molecular formula is C14H17Br2N3O2. The molecule has 1 saturated heterocycles. The Morgan fingerprint density at radius 1 is 1.19 bits per heavy atom. The summed E-state index contributed by atoms with van der Waals surface area (Å²) in [6, 6.07) is 5.62. The largest absolute Gasteiger partial charge is 0.340 e. The molecule has 1 aromatic carbocycles. The second-order valence-corrected chi connectivity index (χ2v) is 6.72. The molecule has 1 aromatic rings. The molecule has 0 spiro atoms. The first-order valence-corrected chi connectivity index (χ1v) is 8.27. The van der Waals surface area contributed by atoms with Crippen molar-refractivity contribution in [2.24, 2.45) is 0 Å². The van der Waals surface area contributed by atoms with E-state index in [9.17, 15) is 9.59 Å². The third kappa shape index (κ3) is 4.79. The molecule has 1 heterocycles. The number of carbonyl (C=O) groups excluding carboxylic acids is 2. The number of carbonyl (C=O) groups is 2. The van der Waals surface area contributed by atoms with E-state index in [1.165, 1.54) is 0 Å². The Labute approximate surface area is 140 Å². The molecule has 1 aliphatic heterocycles. The molecule has 114 valence electrons. The van der Waals surface area contributed by atoms with Crippen molar-refractivity contribution >= 4 is 49.4 Å². The molecule has 7 heteroatoms. The zero-order valence-corrected chi connectivity index (χ0v) is 14.9. The highest BCUT2D eigenvalue weighted by Gasteiger charge is 2.20. The number of piperazine rings is 1. The molecule has 21 heavy (non-hydrogen) atoms. The average molecular weight is 419 g/mol. The summed E-state index contributed by atoms with van der Waals surface area (Å²) in [5.74, 6) is 0.0483. The number of benzene rings is 1. The maximum Gasteiger partial charge on any atom is 0.238 e. The van der Waals surface area contributed by atoms with Crippen LogP contribution in [0.1, 0.15) is 6.92 Å². The summed E-state index contributed by atoms with van der Waals surface area (Å²) >= 11 is 6.80. The Bertz CT molecular complexity index is 543. The van der Waals surface area contributed by atoms with Crippen LogP contribution < -0.4 is 5.32 Å². The molecule has 0 radical (unpaired) electrons. The van der Waals surface area contributed by atoms with Crippen molar-refractivity contribution in [1.29, 1.82) is 0 Å². The normalized spacial score (nSPS) is 15.9. The van der Waals surface area contributed by atoms with E-state index in [2.05, 4.69) is 42.1 Å². The van der Waals surface area contributed by atoms with Gasteiger partial charge >= 0.3 is 0 Å². The van der Waals surface area contributed by atoms with Crippen LogP contribution in [0.15, 0.2) is 27.1 Å². The van der Waals surface area contributed by atoms with Gasteiger partial charge in [-0.2, -0.15) is 0 Å². The predicted octanol–water partition coefficient (Wildman–Crippen LogP) is 2.31. The van der Waals surface area contributed by atoms with E-state index in [1.54, 1.807) is 11.8 Å². The number of anilines is 1. The monoisotopic (exact) mass is 417 g/mol. The van der Waals surface area contributed by atoms with Crippen molar-refractivity contribution in [2.45, 2.75) is 6.92 Å². The number of hydrogen-bond acceptors (Lipinski definition) is 3. The molecule has 0 atom stereocenters. The van der Waals surface area contributed by atoms with Gasteiger partial charge < -0.3 is 10.2 Å². The van der Waals surface area contributed by atoms with Crippen LogP contribution in [0.4, 0.5) is 5.69 Å². The van der Waals surface area contributed by atoms with E-state index in [0.29, 0.717) is 19.6 Å². The Balaban J connectivity index is 1.84. The Morgan fingerprint density at radius 2 is 1.86 bits per heavy atom. The van der Waals surface area contributed by atoms with E-state index in [-0.39, 0.29) is 11.8 Å². The van der Waals surface area contributed by atoms with Gasteiger partial charge in [0.05, 0.1) is 12.2 Å². The van der Waals surface area contributed by atoms with Crippen molar-refractivity contribution in [2.75, 3.05) is 38.0 Å². The van der Waals surface area contributed by atoms with Crippen LogP contribution >= 0.6 is 31.9 Å². The summed E-state index contributed by atoms with van der Waals surface area (Å²) in [6.45, 7) is 4.75. The molecule has 1 fully saturated rings. The van der Waals surface area contributed by atoms with Crippen molar-refractivity contribution in [3.63, 3.8) is 0 Å². The Kier molecular flexibility index (Phi) is 5.78. The SMILES string of the molecule is CC(=O)N1CCN(CC(=O)Nc2ccc(Br)cc2Br)CC1. The molecule has 1 aliphatic rings. The minimum absolute atomic E-state index is 0.0469. The lowest BCUT2D eigenvalue weighted by Crippen LogP contribution is -2.49. The van der Waals surface area contributed by atoms with Gasteiger partial charge in [0.15, 0.2) is 0 Å². The van der Waals surface area contributed by atoms with Gasteiger partial charge in [0, 0.05) is 42.0 Å². The molecule has 0 saturated carbocycles. The van der Waals surface area contributed by atoms with Crippen LogP contribution in [0, 0.1) is 0 Å². The van der Waals surface area contributed by atoms with Crippen LogP contribution in [0.3, 0.4) is 0 Å².